The molecule has 2 nitrogen and oxygen atoms in total. The molecule has 0 atom stereocenters. The molecule has 1 aromatic rings. The van der Waals surface area contributed by atoms with Crippen molar-refractivity contribution < 1.29 is 0 Å². The maximum Gasteiger partial charge on any atom is 0.0300 e. The highest BCUT2D eigenvalue weighted by Gasteiger charge is 2.19. The summed E-state index contributed by atoms with van der Waals surface area (Å²) in [6, 6.07) is 3.28. The van der Waals surface area contributed by atoms with Crippen LogP contribution in [0.1, 0.15) is 54.8 Å². The van der Waals surface area contributed by atoms with E-state index in [0.29, 0.717) is 0 Å². The molecule has 1 heterocycles. The van der Waals surface area contributed by atoms with E-state index in [9.17, 15) is 0 Å². The number of unbranched alkanes of at least 4 members (excludes halogenated alkanes) is 1. The molecule has 1 aromatic heterocycles. The molecular weight excluding hydrogens is 264 g/mol. The lowest BCUT2D eigenvalue weighted by molar-refractivity contribution is 0.554. The zero-order chi connectivity index (χ0) is 14.4. The van der Waals surface area contributed by atoms with Crippen LogP contribution < -0.4 is 10.6 Å². The summed E-state index contributed by atoms with van der Waals surface area (Å²) in [6.07, 6.45) is 6.68. The van der Waals surface area contributed by atoms with Gasteiger partial charge in [0.2, 0.25) is 0 Å². The van der Waals surface area contributed by atoms with Crippen LogP contribution in [0.15, 0.2) is 6.07 Å². The molecular formula is C17H30N2S. The van der Waals surface area contributed by atoms with Gasteiger partial charge in [-0.2, -0.15) is 0 Å². The van der Waals surface area contributed by atoms with E-state index in [1.54, 1.807) is 5.56 Å². The van der Waals surface area contributed by atoms with Crippen LogP contribution in [0.3, 0.4) is 0 Å². The number of aryl methyl sites for hydroxylation is 2. The molecule has 0 unspecified atom stereocenters. The summed E-state index contributed by atoms with van der Waals surface area (Å²) < 4.78 is 0. The fraction of sp³-hybridized carbons (Fsp3) is 0.765. The molecule has 2 N–H and O–H groups in total. The highest BCUT2D eigenvalue weighted by Crippen LogP contribution is 2.23. The first-order valence-corrected chi connectivity index (χ1v) is 8.99. The van der Waals surface area contributed by atoms with Crippen molar-refractivity contribution >= 4 is 11.3 Å². The minimum absolute atomic E-state index is 0.731. The van der Waals surface area contributed by atoms with Crippen molar-refractivity contribution in [3.8, 4) is 0 Å². The second-order valence-corrected chi connectivity index (χ2v) is 7.85. The Balaban J connectivity index is 1.64. The van der Waals surface area contributed by atoms with Gasteiger partial charge >= 0.3 is 0 Å². The van der Waals surface area contributed by atoms with Crippen molar-refractivity contribution in [1.82, 2.24) is 10.6 Å². The molecule has 0 bridgehead atoms. The second-order valence-electron chi connectivity index (χ2n) is 6.50. The van der Waals surface area contributed by atoms with Crippen molar-refractivity contribution in [3.63, 3.8) is 0 Å². The van der Waals surface area contributed by atoms with Gasteiger partial charge in [-0.15, -0.1) is 11.3 Å². The summed E-state index contributed by atoms with van der Waals surface area (Å²) in [4.78, 5) is 3.01. The van der Waals surface area contributed by atoms with Gasteiger partial charge in [-0.1, -0.05) is 13.8 Å². The third-order valence-corrected chi connectivity index (χ3v) is 4.90. The molecule has 0 aliphatic heterocycles. The number of nitrogens with one attached hydrogen (secondary N) is 2. The summed E-state index contributed by atoms with van der Waals surface area (Å²) in [5, 5.41) is 7.13. The molecule has 1 saturated carbocycles. The average Bonchev–Trinajstić information content (AvgIpc) is 3.14. The lowest BCUT2D eigenvalue weighted by Crippen LogP contribution is -2.18. The largest absolute Gasteiger partial charge is 0.314 e. The van der Waals surface area contributed by atoms with E-state index in [0.717, 1.165) is 25.0 Å². The third kappa shape index (κ3) is 5.94. The molecule has 3 heteroatoms. The lowest BCUT2D eigenvalue weighted by Gasteiger charge is -2.05. The highest BCUT2D eigenvalue weighted by molar-refractivity contribution is 7.12. The van der Waals surface area contributed by atoms with Crippen molar-refractivity contribution in [2.24, 2.45) is 5.92 Å². The zero-order valence-corrected chi connectivity index (χ0v) is 14.1. The summed E-state index contributed by atoms with van der Waals surface area (Å²) >= 11 is 1.97. The molecule has 0 radical (unpaired) electrons. The van der Waals surface area contributed by atoms with E-state index in [1.165, 1.54) is 48.4 Å². The van der Waals surface area contributed by atoms with E-state index >= 15 is 0 Å². The Morgan fingerprint density at radius 2 is 2.10 bits per heavy atom. The lowest BCUT2D eigenvalue weighted by atomic mass is 10.1. The van der Waals surface area contributed by atoms with Gasteiger partial charge in [0, 0.05) is 22.3 Å². The van der Waals surface area contributed by atoms with Crippen LogP contribution in [0.2, 0.25) is 0 Å². The number of hydrogen-bond donors (Lipinski definition) is 2. The predicted molar refractivity (Wildman–Crippen MR) is 89.6 cm³/mol. The molecule has 2 rings (SSSR count). The van der Waals surface area contributed by atoms with Gasteiger partial charge in [0.25, 0.3) is 0 Å². The Labute approximate surface area is 128 Å². The van der Waals surface area contributed by atoms with Gasteiger partial charge in [-0.3, -0.25) is 0 Å². The molecule has 20 heavy (non-hydrogen) atoms. The highest BCUT2D eigenvalue weighted by atomic mass is 32.1. The topological polar surface area (TPSA) is 24.1 Å². The Morgan fingerprint density at radius 3 is 2.80 bits per heavy atom. The van der Waals surface area contributed by atoms with Crippen molar-refractivity contribution in [2.75, 3.05) is 13.1 Å². The Hall–Kier alpha value is -0.380. The van der Waals surface area contributed by atoms with E-state index in [-0.39, 0.29) is 0 Å². The Morgan fingerprint density at radius 1 is 1.30 bits per heavy atom. The first-order valence-electron chi connectivity index (χ1n) is 8.17. The standard InChI is InChI=1S/C17H30N2S/c1-13(2)11-18-12-17-10-15(14(3)20-17)6-4-5-9-19-16-7-8-16/h10,13,16,18-19H,4-9,11-12H2,1-3H3. The first-order chi connectivity index (χ1) is 9.65. The van der Waals surface area contributed by atoms with E-state index in [1.807, 2.05) is 11.3 Å². The van der Waals surface area contributed by atoms with E-state index < -0.39 is 0 Å². The maximum absolute atomic E-state index is 3.59. The summed E-state index contributed by atoms with van der Waals surface area (Å²) in [5.74, 6) is 0.731. The van der Waals surface area contributed by atoms with E-state index in [2.05, 4.69) is 37.5 Å². The SMILES string of the molecule is Cc1sc(CNCC(C)C)cc1CCCCNC1CC1. The van der Waals surface area contributed by atoms with Crippen LogP contribution in [0, 0.1) is 12.8 Å². The summed E-state index contributed by atoms with van der Waals surface area (Å²) in [6.45, 7) is 10.1. The second kappa shape index (κ2) is 8.16. The molecule has 1 aliphatic rings. The van der Waals surface area contributed by atoms with Crippen LogP contribution in [-0.4, -0.2) is 19.1 Å². The van der Waals surface area contributed by atoms with Crippen LogP contribution in [0.4, 0.5) is 0 Å². The Bertz CT molecular complexity index is 394. The smallest absolute Gasteiger partial charge is 0.0300 e. The predicted octanol–water partition coefficient (Wildman–Crippen LogP) is 3.88. The first kappa shape index (κ1) is 16.0. The maximum atomic E-state index is 3.59. The molecule has 1 aliphatic carbocycles. The summed E-state index contributed by atoms with van der Waals surface area (Å²) in [7, 11) is 0. The normalized spacial score (nSPS) is 15.2. The minimum atomic E-state index is 0.731. The minimum Gasteiger partial charge on any atom is -0.314 e. The molecule has 114 valence electrons. The van der Waals surface area contributed by atoms with Crippen LogP contribution in [0.5, 0.6) is 0 Å². The van der Waals surface area contributed by atoms with Gasteiger partial charge in [0.1, 0.15) is 0 Å². The molecule has 0 spiro atoms. The quantitative estimate of drug-likeness (QED) is 0.640. The Kier molecular flexibility index (Phi) is 6.53. The fourth-order valence-corrected chi connectivity index (χ4v) is 3.50. The number of thiophene rings is 1. The van der Waals surface area contributed by atoms with Crippen molar-refractivity contribution in [3.05, 3.63) is 21.4 Å². The van der Waals surface area contributed by atoms with Gasteiger partial charge in [0.05, 0.1) is 0 Å². The van der Waals surface area contributed by atoms with Gasteiger partial charge < -0.3 is 10.6 Å². The zero-order valence-electron chi connectivity index (χ0n) is 13.3. The summed E-state index contributed by atoms with van der Waals surface area (Å²) in [5.41, 5.74) is 1.57. The third-order valence-electron chi connectivity index (χ3n) is 3.81. The monoisotopic (exact) mass is 294 g/mol. The average molecular weight is 295 g/mol. The van der Waals surface area contributed by atoms with Crippen LogP contribution >= 0.6 is 11.3 Å². The van der Waals surface area contributed by atoms with Gasteiger partial charge in [-0.05, 0) is 69.7 Å². The van der Waals surface area contributed by atoms with Crippen molar-refractivity contribution in [1.29, 1.82) is 0 Å². The molecule has 0 amide bonds. The fourth-order valence-electron chi connectivity index (χ4n) is 2.44. The molecule has 0 saturated heterocycles. The molecule has 1 fully saturated rings. The number of hydrogen-bond acceptors (Lipinski definition) is 3. The van der Waals surface area contributed by atoms with Crippen molar-refractivity contribution in [2.45, 2.75) is 65.5 Å². The van der Waals surface area contributed by atoms with Crippen LogP contribution in [-0.2, 0) is 13.0 Å². The van der Waals surface area contributed by atoms with E-state index in [4.69, 9.17) is 0 Å². The molecule has 0 aromatic carbocycles. The van der Waals surface area contributed by atoms with Gasteiger partial charge in [0.15, 0.2) is 0 Å². The van der Waals surface area contributed by atoms with Gasteiger partial charge in [-0.25, -0.2) is 0 Å². The van der Waals surface area contributed by atoms with Crippen LogP contribution in [0.25, 0.3) is 0 Å². The number of rotatable bonds is 10.